The molecule has 2 N–H and O–H groups in total. The van der Waals surface area contributed by atoms with Crippen molar-refractivity contribution in [2.75, 3.05) is 58.0 Å². The molecule has 3 heterocycles. The third-order valence-electron chi connectivity index (χ3n) is 6.95. The molecule has 2 aliphatic heterocycles. The molecule has 42 heavy (non-hydrogen) atoms. The molecule has 0 atom stereocenters. The van der Waals surface area contributed by atoms with Crippen molar-refractivity contribution in [2.24, 2.45) is 0 Å². The van der Waals surface area contributed by atoms with Gasteiger partial charge < -0.3 is 34.3 Å². The Morgan fingerprint density at radius 3 is 2.52 bits per heavy atom. The molecule has 11 heteroatoms. The molecule has 3 aromatic carbocycles. The molecule has 0 unspecified atom stereocenters. The van der Waals surface area contributed by atoms with E-state index in [0.717, 1.165) is 44.8 Å². The number of carbonyl (C=O) groups is 1. The maximum atomic E-state index is 12.3. The van der Waals surface area contributed by atoms with E-state index in [-0.39, 0.29) is 6.03 Å². The number of rotatable bonds is 10. The standard InChI is InChI=1S/C31H33N5O6/c37-31(32-20-22-5-2-1-3-6-22)35-23-7-9-24(10-8-23)42-30-27-25(33-21-34-30)19-26(28-29(27)41-18-17-40-28)39-14-4-11-36-12-15-38-16-13-36/h1-3,5-10,19,21H,4,11-18,20H2,(H2,32,35,37). The number of hydrogen-bond acceptors (Lipinski definition) is 9. The van der Waals surface area contributed by atoms with Gasteiger partial charge in [0, 0.05) is 37.9 Å². The molecule has 2 aliphatic rings. The topological polar surface area (TPSA) is 116 Å². The summed E-state index contributed by atoms with van der Waals surface area (Å²) >= 11 is 0. The fourth-order valence-electron chi connectivity index (χ4n) is 4.83. The van der Waals surface area contributed by atoms with Gasteiger partial charge in [-0.2, -0.15) is 0 Å². The van der Waals surface area contributed by atoms with Gasteiger partial charge in [-0.15, -0.1) is 0 Å². The first-order chi connectivity index (χ1) is 20.7. The van der Waals surface area contributed by atoms with E-state index in [1.165, 1.54) is 6.33 Å². The van der Waals surface area contributed by atoms with Crippen LogP contribution in [-0.4, -0.2) is 73.6 Å². The highest BCUT2D eigenvalue weighted by Gasteiger charge is 2.25. The first-order valence-corrected chi connectivity index (χ1v) is 14.1. The van der Waals surface area contributed by atoms with Crippen molar-refractivity contribution in [2.45, 2.75) is 13.0 Å². The molecular weight excluding hydrogens is 538 g/mol. The van der Waals surface area contributed by atoms with E-state index in [2.05, 4.69) is 25.5 Å². The molecule has 6 rings (SSSR count). The highest BCUT2D eigenvalue weighted by molar-refractivity contribution is 5.94. The van der Waals surface area contributed by atoms with E-state index >= 15 is 0 Å². The van der Waals surface area contributed by atoms with Gasteiger partial charge in [0.05, 0.1) is 25.3 Å². The molecule has 1 saturated heterocycles. The quantitative estimate of drug-likeness (QED) is 0.263. The van der Waals surface area contributed by atoms with Crippen molar-refractivity contribution in [1.82, 2.24) is 20.2 Å². The predicted octanol–water partition coefficient (Wildman–Crippen LogP) is 4.62. The molecule has 1 aromatic heterocycles. The molecule has 0 radical (unpaired) electrons. The van der Waals surface area contributed by atoms with Crippen LogP contribution in [0.1, 0.15) is 12.0 Å². The van der Waals surface area contributed by atoms with Gasteiger partial charge in [0.15, 0.2) is 11.5 Å². The number of fused-ring (bicyclic) bond motifs is 3. The first-order valence-electron chi connectivity index (χ1n) is 14.1. The van der Waals surface area contributed by atoms with E-state index in [4.69, 9.17) is 23.7 Å². The highest BCUT2D eigenvalue weighted by Crippen LogP contribution is 2.47. The Kier molecular flexibility index (Phi) is 8.77. The number of carbonyl (C=O) groups excluding carboxylic acids is 1. The zero-order valence-electron chi connectivity index (χ0n) is 23.2. The van der Waals surface area contributed by atoms with Crippen LogP contribution in [0.4, 0.5) is 10.5 Å². The molecule has 4 aromatic rings. The van der Waals surface area contributed by atoms with Crippen LogP contribution < -0.4 is 29.6 Å². The number of nitrogens with zero attached hydrogens (tertiary/aromatic N) is 3. The van der Waals surface area contributed by atoms with Crippen LogP contribution in [0.15, 0.2) is 67.0 Å². The lowest BCUT2D eigenvalue weighted by Crippen LogP contribution is -2.37. The number of urea groups is 1. The molecule has 0 spiro atoms. The summed E-state index contributed by atoms with van der Waals surface area (Å²) in [6.45, 7) is 6.19. The normalized spacial score (nSPS) is 14.8. The minimum Gasteiger partial charge on any atom is -0.489 e. The lowest BCUT2D eigenvalue weighted by molar-refractivity contribution is 0.0357. The maximum Gasteiger partial charge on any atom is 0.319 e. The Balaban J connectivity index is 1.12. The van der Waals surface area contributed by atoms with Gasteiger partial charge in [-0.05, 0) is 36.2 Å². The van der Waals surface area contributed by atoms with Gasteiger partial charge >= 0.3 is 6.03 Å². The van der Waals surface area contributed by atoms with Gasteiger partial charge in [-0.25, -0.2) is 14.8 Å². The third-order valence-corrected chi connectivity index (χ3v) is 6.95. The average molecular weight is 572 g/mol. The fourth-order valence-corrected chi connectivity index (χ4v) is 4.83. The molecule has 0 saturated carbocycles. The van der Waals surface area contributed by atoms with Crippen molar-refractivity contribution in [3.8, 4) is 28.9 Å². The molecule has 0 bridgehead atoms. The van der Waals surface area contributed by atoms with Crippen molar-refractivity contribution in [1.29, 1.82) is 0 Å². The Hall–Kier alpha value is -4.61. The van der Waals surface area contributed by atoms with Crippen LogP contribution in [0, 0.1) is 0 Å². The first kappa shape index (κ1) is 27.6. The zero-order valence-corrected chi connectivity index (χ0v) is 23.2. The Labute approximate surface area is 243 Å². The summed E-state index contributed by atoms with van der Waals surface area (Å²) in [7, 11) is 0. The number of ether oxygens (including phenoxy) is 5. The van der Waals surface area contributed by atoms with Crippen LogP contribution in [0.5, 0.6) is 28.9 Å². The molecule has 218 valence electrons. The number of nitrogens with one attached hydrogen (secondary N) is 2. The minimum atomic E-state index is -0.294. The van der Waals surface area contributed by atoms with Gasteiger partial charge in [-0.3, -0.25) is 4.90 Å². The third kappa shape index (κ3) is 6.81. The molecule has 2 amide bonds. The van der Waals surface area contributed by atoms with Gasteiger partial charge in [-0.1, -0.05) is 30.3 Å². The zero-order chi connectivity index (χ0) is 28.6. The second-order valence-electron chi connectivity index (χ2n) is 9.88. The van der Waals surface area contributed by atoms with Crippen molar-refractivity contribution < 1.29 is 28.5 Å². The van der Waals surface area contributed by atoms with Gasteiger partial charge in [0.2, 0.25) is 11.6 Å². The highest BCUT2D eigenvalue weighted by atomic mass is 16.6. The summed E-state index contributed by atoms with van der Waals surface area (Å²) in [5, 5.41) is 6.28. The van der Waals surface area contributed by atoms with E-state index in [9.17, 15) is 4.79 Å². The van der Waals surface area contributed by atoms with E-state index < -0.39 is 0 Å². The van der Waals surface area contributed by atoms with Crippen LogP contribution in [0.25, 0.3) is 10.9 Å². The van der Waals surface area contributed by atoms with E-state index in [0.29, 0.717) is 71.8 Å². The van der Waals surface area contributed by atoms with Crippen molar-refractivity contribution >= 4 is 22.6 Å². The lowest BCUT2D eigenvalue weighted by Gasteiger charge is -2.26. The summed E-state index contributed by atoms with van der Waals surface area (Å²) in [6, 6.07) is 18.3. The molecule has 1 fully saturated rings. The molecule has 0 aliphatic carbocycles. The summed E-state index contributed by atoms with van der Waals surface area (Å²) < 4.78 is 29.7. The number of hydrogen-bond donors (Lipinski definition) is 2. The van der Waals surface area contributed by atoms with Crippen LogP contribution in [0.2, 0.25) is 0 Å². The lowest BCUT2D eigenvalue weighted by atomic mass is 10.1. The second kappa shape index (κ2) is 13.4. The number of amides is 2. The average Bonchev–Trinajstić information content (AvgIpc) is 3.04. The number of anilines is 1. The van der Waals surface area contributed by atoms with Gasteiger partial charge in [0.25, 0.3) is 0 Å². The van der Waals surface area contributed by atoms with Gasteiger partial charge in [0.1, 0.15) is 30.7 Å². The summed E-state index contributed by atoms with van der Waals surface area (Å²) in [5.41, 5.74) is 2.28. The van der Waals surface area contributed by atoms with Crippen molar-refractivity contribution in [3.05, 3.63) is 72.6 Å². The Bertz CT molecular complexity index is 1500. The molecule has 11 nitrogen and oxygen atoms in total. The number of aromatic nitrogens is 2. The largest absolute Gasteiger partial charge is 0.489 e. The SMILES string of the molecule is O=C(NCc1ccccc1)Nc1ccc(Oc2ncnc3cc(OCCCN4CCOCC4)c4c(c23)OCCO4)cc1. The summed E-state index contributed by atoms with van der Waals surface area (Å²) in [5.74, 6) is 2.50. The molecular formula is C31H33N5O6. The second-order valence-corrected chi connectivity index (χ2v) is 9.88. The monoisotopic (exact) mass is 571 g/mol. The Morgan fingerprint density at radius 2 is 1.71 bits per heavy atom. The predicted molar refractivity (Wildman–Crippen MR) is 157 cm³/mol. The Morgan fingerprint density at radius 1 is 0.929 bits per heavy atom. The van der Waals surface area contributed by atoms with Crippen LogP contribution in [0.3, 0.4) is 0 Å². The van der Waals surface area contributed by atoms with Crippen molar-refractivity contribution in [3.63, 3.8) is 0 Å². The smallest absolute Gasteiger partial charge is 0.319 e. The fraction of sp³-hybridized carbons (Fsp3) is 0.323. The summed E-state index contributed by atoms with van der Waals surface area (Å²) in [4.78, 5) is 23.5. The van der Waals surface area contributed by atoms with E-state index in [1.807, 2.05) is 36.4 Å². The van der Waals surface area contributed by atoms with Crippen LogP contribution >= 0.6 is 0 Å². The maximum absolute atomic E-state index is 12.3. The number of morpholine rings is 1. The minimum absolute atomic E-state index is 0.294. The summed E-state index contributed by atoms with van der Waals surface area (Å²) in [6.07, 6.45) is 2.33. The van der Waals surface area contributed by atoms with E-state index in [1.54, 1.807) is 24.3 Å². The number of benzene rings is 3. The van der Waals surface area contributed by atoms with Crippen LogP contribution in [-0.2, 0) is 11.3 Å².